The van der Waals surface area contributed by atoms with E-state index in [1.807, 2.05) is 10.8 Å². The molecule has 0 aliphatic heterocycles. The number of aromatic nitrogens is 4. The zero-order chi connectivity index (χ0) is 20.1. The topological polar surface area (TPSA) is 92.7 Å². The highest BCUT2D eigenvalue weighted by atomic mass is 32.2. The average molecular weight is 432 g/mol. The van der Waals surface area contributed by atoms with Crippen LogP contribution in [0.2, 0.25) is 0 Å². The Morgan fingerprint density at radius 2 is 2.24 bits per heavy atom. The first kappa shape index (κ1) is 20.2. The van der Waals surface area contributed by atoms with E-state index in [9.17, 15) is 9.59 Å². The summed E-state index contributed by atoms with van der Waals surface area (Å²) in [6.07, 6.45) is 11.2. The van der Waals surface area contributed by atoms with E-state index in [0.717, 1.165) is 42.4 Å². The second-order valence-corrected chi connectivity index (χ2v) is 9.40. The first-order valence-corrected chi connectivity index (χ1v) is 12.0. The number of nitrogens with zero attached hydrogens (tertiary/aromatic N) is 3. The molecule has 7 nitrogen and oxygen atoms in total. The summed E-state index contributed by atoms with van der Waals surface area (Å²) < 4.78 is 2.00. The maximum Gasteiger partial charge on any atom is 0.259 e. The second kappa shape index (κ2) is 9.58. The number of H-pyrrole nitrogens is 1. The average Bonchev–Trinajstić information content (AvgIpc) is 3.36. The highest BCUT2D eigenvalue weighted by molar-refractivity contribution is 7.98. The minimum atomic E-state index is -0.0133. The van der Waals surface area contributed by atoms with Gasteiger partial charge in [0.25, 0.3) is 5.56 Å². The predicted octanol–water partition coefficient (Wildman–Crippen LogP) is 2.89. The molecule has 9 heteroatoms. The summed E-state index contributed by atoms with van der Waals surface area (Å²) in [7, 11) is 0. The standard InChI is InChI=1S/C20H25N5O2S2/c26-17(22-7-3-9-25-10-8-21-13-25)6-11-28-12-16-23-19(27)18-14-4-1-2-5-15(14)29-20(18)24-16/h8,10,13H,1-7,9,11-12H2,(H,22,26)(H,23,24,27). The molecular formula is C20H25N5O2S2. The molecule has 0 atom stereocenters. The summed E-state index contributed by atoms with van der Waals surface area (Å²) in [5, 5.41) is 3.75. The molecule has 3 aromatic rings. The Bertz CT molecular complexity index is 1030. The highest BCUT2D eigenvalue weighted by Crippen LogP contribution is 2.33. The summed E-state index contributed by atoms with van der Waals surface area (Å²) in [5.41, 5.74) is 1.20. The molecule has 0 unspecified atom stereocenters. The van der Waals surface area contributed by atoms with Crippen LogP contribution in [0.4, 0.5) is 0 Å². The fraction of sp³-hybridized carbons (Fsp3) is 0.500. The van der Waals surface area contributed by atoms with E-state index in [2.05, 4.69) is 20.3 Å². The van der Waals surface area contributed by atoms with Crippen molar-refractivity contribution < 1.29 is 4.79 Å². The van der Waals surface area contributed by atoms with Gasteiger partial charge < -0.3 is 14.9 Å². The van der Waals surface area contributed by atoms with Crippen LogP contribution in [0.5, 0.6) is 0 Å². The summed E-state index contributed by atoms with van der Waals surface area (Å²) in [6, 6.07) is 0. The van der Waals surface area contributed by atoms with Crippen LogP contribution in [0.25, 0.3) is 10.2 Å². The normalized spacial score (nSPS) is 13.5. The summed E-state index contributed by atoms with van der Waals surface area (Å²) in [5.74, 6) is 2.08. The van der Waals surface area contributed by atoms with Crippen LogP contribution >= 0.6 is 23.1 Å². The van der Waals surface area contributed by atoms with Crippen LogP contribution in [0.3, 0.4) is 0 Å². The molecule has 0 saturated carbocycles. The Labute approximate surface area is 177 Å². The van der Waals surface area contributed by atoms with Gasteiger partial charge in [0.2, 0.25) is 5.91 Å². The van der Waals surface area contributed by atoms with Gasteiger partial charge in [0.15, 0.2) is 0 Å². The molecule has 0 saturated heterocycles. The Kier molecular flexibility index (Phi) is 6.66. The molecule has 2 N–H and O–H groups in total. The minimum Gasteiger partial charge on any atom is -0.356 e. The lowest BCUT2D eigenvalue weighted by atomic mass is 9.97. The van der Waals surface area contributed by atoms with Gasteiger partial charge in [-0.15, -0.1) is 11.3 Å². The fourth-order valence-electron chi connectivity index (χ4n) is 3.61. The number of fused-ring (bicyclic) bond motifs is 3. The quantitative estimate of drug-likeness (QED) is 0.508. The molecule has 154 valence electrons. The van der Waals surface area contributed by atoms with E-state index in [1.54, 1.807) is 35.6 Å². The lowest BCUT2D eigenvalue weighted by Gasteiger charge is -2.09. The Morgan fingerprint density at radius 1 is 1.34 bits per heavy atom. The van der Waals surface area contributed by atoms with Crippen molar-refractivity contribution in [2.24, 2.45) is 0 Å². The van der Waals surface area contributed by atoms with Gasteiger partial charge in [-0.3, -0.25) is 9.59 Å². The molecule has 1 aliphatic rings. The van der Waals surface area contributed by atoms with Crippen LogP contribution in [0.1, 0.15) is 41.9 Å². The van der Waals surface area contributed by atoms with Gasteiger partial charge in [-0.1, -0.05) is 0 Å². The number of thiophene rings is 1. The molecule has 0 bridgehead atoms. The predicted molar refractivity (Wildman–Crippen MR) is 118 cm³/mol. The number of imidazole rings is 1. The van der Waals surface area contributed by atoms with Crippen molar-refractivity contribution in [2.75, 3.05) is 12.3 Å². The van der Waals surface area contributed by atoms with Crippen molar-refractivity contribution in [3.05, 3.63) is 45.3 Å². The maximum atomic E-state index is 12.5. The summed E-state index contributed by atoms with van der Waals surface area (Å²) in [6.45, 7) is 1.51. The monoisotopic (exact) mass is 431 g/mol. The van der Waals surface area contributed by atoms with E-state index in [-0.39, 0.29) is 11.5 Å². The SMILES string of the molecule is O=C(CCSCc1nc2sc3c(c2c(=O)[nH]1)CCCC3)NCCCn1ccnc1. The molecule has 1 amide bonds. The van der Waals surface area contributed by atoms with Crippen molar-refractivity contribution in [3.8, 4) is 0 Å². The molecule has 1 aliphatic carbocycles. The van der Waals surface area contributed by atoms with E-state index in [1.165, 1.54) is 16.9 Å². The number of hydrogen-bond donors (Lipinski definition) is 2. The molecule has 3 aromatic heterocycles. The Hall–Kier alpha value is -2.13. The molecule has 29 heavy (non-hydrogen) atoms. The molecular weight excluding hydrogens is 406 g/mol. The van der Waals surface area contributed by atoms with Gasteiger partial charge in [0.1, 0.15) is 10.7 Å². The number of amides is 1. The van der Waals surface area contributed by atoms with Crippen molar-refractivity contribution in [1.29, 1.82) is 0 Å². The third-order valence-corrected chi connectivity index (χ3v) is 7.22. The number of nitrogens with one attached hydrogen (secondary N) is 2. The number of rotatable bonds is 9. The van der Waals surface area contributed by atoms with E-state index >= 15 is 0 Å². The zero-order valence-corrected chi connectivity index (χ0v) is 17.9. The number of aromatic amines is 1. The van der Waals surface area contributed by atoms with Gasteiger partial charge in [-0.25, -0.2) is 9.97 Å². The number of carbonyl (C=O) groups excluding carboxylic acids is 1. The lowest BCUT2D eigenvalue weighted by molar-refractivity contribution is -0.120. The van der Waals surface area contributed by atoms with Crippen LogP contribution in [0.15, 0.2) is 23.5 Å². The number of aryl methyl sites for hydroxylation is 3. The number of hydrogen-bond acceptors (Lipinski definition) is 6. The molecule has 0 radical (unpaired) electrons. The van der Waals surface area contributed by atoms with E-state index in [0.29, 0.717) is 30.3 Å². The Morgan fingerprint density at radius 3 is 3.10 bits per heavy atom. The molecule has 3 heterocycles. The largest absolute Gasteiger partial charge is 0.356 e. The molecule has 0 fully saturated rings. The minimum absolute atomic E-state index is 0.0133. The van der Waals surface area contributed by atoms with Crippen LogP contribution in [0, 0.1) is 0 Å². The van der Waals surface area contributed by atoms with E-state index in [4.69, 9.17) is 0 Å². The lowest BCUT2D eigenvalue weighted by Crippen LogP contribution is -2.25. The van der Waals surface area contributed by atoms with Gasteiger partial charge in [-0.05, 0) is 37.7 Å². The summed E-state index contributed by atoms with van der Waals surface area (Å²) in [4.78, 5) is 38.3. The fourth-order valence-corrected chi connectivity index (χ4v) is 5.69. The number of carbonyl (C=O) groups is 1. The molecule has 4 rings (SSSR count). The highest BCUT2D eigenvalue weighted by Gasteiger charge is 2.19. The van der Waals surface area contributed by atoms with Crippen LogP contribution < -0.4 is 10.9 Å². The van der Waals surface area contributed by atoms with Gasteiger partial charge in [-0.2, -0.15) is 11.8 Å². The summed E-state index contributed by atoms with van der Waals surface area (Å²) >= 11 is 3.29. The molecule has 0 aromatic carbocycles. The third-order valence-electron chi connectivity index (χ3n) is 5.06. The van der Waals surface area contributed by atoms with Gasteiger partial charge in [0.05, 0.1) is 17.5 Å². The second-order valence-electron chi connectivity index (χ2n) is 7.21. The first-order chi connectivity index (χ1) is 14.2. The van der Waals surface area contributed by atoms with Crippen LogP contribution in [-0.2, 0) is 29.9 Å². The first-order valence-electron chi connectivity index (χ1n) is 10.0. The van der Waals surface area contributed by atoms with Gasteiger partial charge in [0, 0.05) is 42.5 Å². The van der Waals surface area contributed by atoms with Crippen molar-refractivity contribution in [2.45, 2.75) is 50.8 Å². The van der Waals surface area contributed by atoms with E-state index < -0.39 is 0 Å². The zero-order valence-electron chi connectivity index (χ0n) is 16.3. The Balaban J connectivity index is 1.21. The maximum absolute atomic E-state index is 12.5. The number of thioether (sulfide) groups is 1. The third kappa shape index (κ3) is 5.08. The van der Waals surface area contributed by atoms with Crippen LogP contribution in [-0.4, -0.2) is 37.7 Å². The van der Waals surface area contributed by atoms with Crippen molar-refractivity contribution in [3.63, 3.8) is 0 Å². The molecule has 0 spiro atoms. The van der Waals surface area contributed by atoms with Crippen molar-refractivity contribution >= 4 is 39.2 Å². The smallest absolute Gasteiger partial charge is 0.259 e. The van der Waals surface area contributed by atoms with Gasteiger partial charge >= 0.3 is 0 Å². The van der Waals surface area contributed by atoms with Crippen molar-refractivity contribution in [1.82, 2.24) is 24.8 Å².